The largest absolute Gasteiger partial charge is 0.378 e. The number of anilines is 1. The van der Waals surface area contributed by atoms with Gasteiger partial charge in [-0.1, -0.05) is 18.9 Å². The summed E-state index contributed by atoms with van der Waals surface area (Å²) in [5.41, 5.74) is 1.30. The summed E-state index contributed by atoms with van der Waals surface area (Å²) in [6.07, 6.45) is 4.77. The quantitative estimate of drug-likeness (QED) is 0.769. The fraction of sp³-hybridized carbons (Fsp3) is 0.455. The Hall–Kier alpha value is -2.38. The second kappa shape index (κ2) is 9.41. The molecule has 1 unspecified atom stereocenters. The number of nitrogens with one attached hydrogen (secondary N) is 2. The lowest BCUT2D eigenvalue weighted by Crippen LogP contribution is -2.40. The van der Waals surface area contributed by atoms with Crippen LogP contribution in [-0.4, -0.2) is 43.1 Å². The second-order valence-electron chi connectivity index (χ2n) is 7.62. The van der Waals surface area contributed by atoms with Crippen LogP contribution in [0.2, 0.25) is 0 Å². The van der Waals surface area contributed by atoms with E-state index in [4.69, 9.17) is 4.74 Å². The van der Waals surface area contributed by atoms with Crippen LogP contribution in [0.5, 0.6) is 0 Å². The summed E-state index contributed by atoms with van der Waals surface area (Å²) in [7, 11) is 0. The monoisotopic (exact) mass is 413 g/mol. The molecule has 6 nitrogen and oxygen atoms in total. The molecule has 7 heteroatoms. The highest BCUT2D eigenvalue weighted by molar-refractivity contribution is 7.10. The Labute approximate surface area is 175 Å². The van der Waals surface area contributed by atoms with Crippen molar-refractivity contribution >= 4 is 29.0 Å². The predicted octanol–water partition coefficient (Wildman–Crippen LogP) is 4.27. The van der Waals surface area contributed by atoms with E-state index in [1.807, 2.05) is 6.07 Å². The van der Waals surface area contributed by atoms with Crippen LogP contribution in [0.4, 0.5) is 10.5 Å². The molecule has 0 radical (unpaired) electrons. The lowest BCUT2D eigenvalue weighted by molar-refractivity contribution is 0.0303. The first-order chi connectivity index (χ1) is 14.2. The number of ether oxygens (including phenoxy) is 1. The number of thiophene rings is 1. The third-order valence-electron chi connectivity index (χ3n) is 5.70. The molecule has 2 aromatic rings. The van der Waals surface area contributed by atoms with E-state index in [1.165, 1.54) is 17.7 Å². The van der Waals surface area contributed by atoms with Crippen molar-refractivity contribution in [2.24, 2.45) is 5.92 Å². The van der Waals surface area contributed by atoms with Crippen molar-refractivity contribution in [1.82, 2.24) is 10.2 Å². The van der Waals surface area contributed by atoms with Crippen molar-refractivity contribution in [3.05, 3.63) is 52.2 Å². The molecule has 0 spiro atoms. The van der Waals surface area contributed by atoms with E-state index in [0.717, 1.165) is 12.8 Å². The van der Waals surface area contributed by atoms with Gasteiger partial charge in [-0.15, -0.1) is 11.3 Å². The van der Waals surface area contributed by atoms with E-state index in [9.17, 15) is 9.59 Å². The number of carbonyl (C=O) groups is 2. The van der Waals surface area contributed by atoms with Gasteiger partial charge in [0.1, 0.15) is 0 Å². The zero-order valence-electron chi connectivity index (χ0n) is 16.4. The zero-order valence-corrected chi connectivity index (χ0v) is 17.2. The van der Waals surface area contributed by atoms with Gasteiger partial charge in [-0.3, -0.25) is 4.79 Å². The van der Waals surface area contributed by atoms with Crippen molar-refractivity contribution < 1.29 is 14.3 Å². The van der Waals surface area contributed by atoms with Gasteiger partial charge in [0.2, 0.25) is 0 Å². The topological polar surface area (TPSA) is 70.7 Å². The molecule has 0 bridgehead atoms. The highest BCUT2D eigenvalue weighted by Crippen LogP contribution is 2.37. The molecule has 154 valence electrons. The highest BCUT2D eigenvalue weighted by atomic mass is 32.1. The molecule has 2 aliphatic rings. The summed E-state index contributed by atoms with van der Waals surface area (Å²) in [6.45, 7) is 2.40. The van der Waals surface area contributed by atoms with Crippen molar-refractivity contribution in [3.8, 4) is 0 Å². The number of carbonyl (C=O) groups excluding carboxylic acids is 2. The summed E-state index contributed by atoms with van der Waals surface area (Å²) in [6, 6.07) is 11.1. The average molecular weight is 414 g/mol. The van der Waals surface area contributed by atoms with Crippen molar-refractivity contribution in [1.29, 1.82) is 0 Å². The van der Waals surface area contributed by atoms with Gasteiger partial charge in [0, 0.05) is 29.2 Å². The van der Waals surface area contributed by atoms with Gasteiger partial charge in [-0.2, -0.15) is 0 Å². The molecule has 2 heterocycles. The van der Waals surface area contributed by atoms with Crippen LogP contribution in [-0.2, 0) is 4.74 Å². The summed E-state index contributed by atoms with van der Waals surface area (Å²) in [5, 5.41) is 8.14. The van der Waals surface area contributed by atoms with E-state index in [0.29, 0.717) is 43.5 Å². The van der Waals surface area contributed by atoms with E-state index in [1.54, 1.807) is 40.5 Å². The number of rotatable bonds is 5. The maximum atomic E-state index is 12.6. The second-order valence-corrected chi connectivity index (χ2v) is 8.60. The first-order valence-corrected chi connectivity index (χ1v) is 11.2. The third kappa shape index (κ3) is 4.97. The molecule has 29 heavy (non-hydrogen) atoms. The molecule has 1 aromatic carbocycles. The molecule has 1 saturated heterocycles. The highest BCUT2D eigenvalue weighted by Gasteiger charge is 2.28. The van der Waals surface area contributed by atoms with Gasteiger partial charge >= 0.3 is 6.03 Å². The zero-order chi connectivity index (χ0) is 20.1. The first-order valence-electron chi connectivity index (χ1n) is 10.3. The predicted molar refractivity (Wildman–Crippen MR) is 114 cm³/mol. The van der Waals surface area contributed by atoms with Crippen LogP contribution in [0, 0.1) is 5.92 Å². The van der Waals surface area contributed by atoms with Crippen LogP contribution >= 0.6 is 11.3 Å². The maximum absolute atomic E-state index is 12.6. The summed E-state index contributed by atoms with van der Waals surface area (Å²) >= 11 is 1.69. The lowest BCUT2D eigenvalue weighted by atomic mass is 9.97. The minimum Gasteiger partial charge on any atom is -0.378 e. The molecule has 1 aliphatic heterocycles. The molecule has 2 fully saturated rings. The van der Waals surface area contributed by atoms with E-state index in [-0.39, 0.29) is 18.0 Å². The number of benzene rings is 1. The third-order valence-corrected chi connectivity index (χ3v) is 6.65. The SMILES string of the molecule is O=C(Nc1ccc(C(=O)N2CCOCC2)cc1)NC(c1cccs1)C1CCCC1. The normalized spacial score (nSPS) is 18.4. The van der Waals surface area contributed by atoms with E-state index >= 15 is 0 Å². The lowest BCUT2D eigenvalue weighted by Gasteiger charge is -2.27. The van der Waals surface area contributed by atoms with Gasteiger partial charge in [0.15, 0.2) is 0 Å². The van der Waals surface area contributed by atoms with Gasteiger partial charge in [0.05, 0.1) is 19.3 Å². The maximum Gasteiger partial charge on any atom is 0.319 e. The fourth-order valence-corrected chi connectivity index (χ4v) is 5.00. The summed E-state index contributed by atoms with van der Waals surface area (Å²) < 4.78 is 5.30. The molecule has 1 atom stereocenters. The standard InChI is InChI=1S/C22H27N3O3S/c26-21(25-11-13-28-14-12-25)17-7-9-18(10-8-17)23-22(27)24-20(16-4-1-2-5-16)19-6-3-15-29-19/h3,6-10,15-16,20H,1-2,4-5,11-14H2,(H2,23,24,27). The Morgan fingerprint density at radius 3 is 2.45 bits per heavy atom. The molecular weight excluding hydrogens is 386 g/mol. The van der Waals surface area contributed by atoms with Crippen molar-refractivity contribution in [3.63, 3.8) is 0 Å². The molecular formula is C22H27N3O3S. The Bertz CT molecular complexity index is 810. The Morgan fingerprint density at radius 1 is 1.07 bits per heavy atom. The summed E-state index contributed by atoms with van der Waals surface area (Å²) in [4.78, 5) is 28.2. The van der Waals surface area contributed by atoms with Crippen LogP contribution in [0.15, 0.2) is 41.8 Å². The Morgan fingerprint density at radius 2 is 1.79 bits per heavy atom. The van der Waals surface area contributed by atoms with Crippen LogP contribution in [0.3, 0.4) is 0 Å². The molecule has 1 aromatic heterocycles. The number of amides is 3. The van der Waals surface area contributed by atoms with Crippen LogP contribution < -0.4 is 10.6 Å². The smallest absolute Gasteiger partial charge is 0.319 e. The number of hydrogen-bond donors (Lipinski definition) is 2. The Kier molecular flexibility index (Phi) is 6.46. The Balaban J connectivity index is 1.36. The van der Waals surface area contributed by atoms with Crippen LogP contribution in [0.25, 0.3) is 0 Å². The van der Waals surface area contributed by atoms with Gasteiger partial charge < -0.3 is 20.3 Å². The molecule has 4 rings (SSSR count). The van der Waals surface area contributed by atoms with Crippen molar-refractivity contribution in [2.45, 2.75) is 31.7 Å². The number of morpholine rings is 1. The number of nitrogens with zero attached hydrogens (tertiary/aromatic N) is 1. The van der Waals surface area contributed by atoms with Gasteiger partial charge in [-0.05, 0) is 54.5 Å². The molecule has 1 saturated carbocycles. The number of hydrogen-bond acceptors (Lipinski definition) is 4. The molecule has 2 N–H and O–H groups in total. The van der Waals surface area contributed by atoms with Crippen molar-refractivity contribution in [2.75, 3.05) is 31.6 Å². The van der Waals surface area contributed by atoms with Gasteiger partial charge in [0.25, 0.3) is 5.91 Å². The average Bonchev–Trinajstić information content (AvgIpc) is 3.47. The van der Waals surface area contributed by atoms with Crippen LogP contribution in [0.1, 0.15) is 47.0 Å². The first kappa shape index (κ1) is 19.9. The molecule has 1 aliphatic carbocycles. The summed E-state index contributed by atoms with van der Waals surface area (Å²) in [5.74, 6) is 0.496. The molecule has 3 amide bonds. The fourth-order valence-electron chi connectivity index (χ4n) is 4.13. The number of urea groups is 1. The minimum absolute atomic E-state index is 0.00305. The van der Waals surface area contributed by atoms with E-state index in [2.05, 4.69) is 22.1 Å². The van der Waals surface area contributed by atoms with Gasteiger partial charge in [-0.25, -0.2) is 4.79 Å². The minimum atomic E-state index is -0.206. The van der Waals surface area contributed by atoms with E-state index < -0.39 is 0 Å².